The van der Waals surface area contributed by atoms with Crippen LogP contribution in [-0.4, -0.2) is 32.6 Å². The topological polar surface area (TPSA) is 49.6 Å². The second-order valence-electron chi connectivity index (χ2n) is 8.08. The molecule has 0 saturated heterocycles. The van der Waals surface area contributed by atoms with Crippen molar-refractivity contribution in [3.05, 3.63) is 52.4 Å². The van der Waals surface area contributed by atoms with Gasteiger partial charge in [-0.15, -0.1) is 0 Å². The van der Waals surface area contributed by atoms with Crippen molar-refractivity contribution in [2.24, 2.45) is 0 Å². The van der Waals surface area contributed by atoms with Gasteiger partial charge < -0.3 is 14.8 Å². The minimum absolute atomic E-state index is 0.204. The molecule has 0 spiro atoms. The summed E-state index contributed by atoms with van der Waals surface area (Å²) in [6.07, 6.45) is 5.92. The molecular weight excluding hydrogens is 431 g/mol. The highest BCUT2D eigenvalue weighted by Gasteiger charge is 2.25. The van der Waals surface area contributed by atoms with E-state index in [1.165, 1.54) is 6.20 Å². The van der Waals surface area contributed by atoms with Gasteiger partial charge in [0.15, 0.2) is 5.65 Å². The van der Waals surface area contributed by atoms with Crippen LogP contribution >= 0.6 is 23.2 Å². The van der Waals surface area contributed by atoms with Crippen LogP contribution in [0.5, 0.6) is 0 Å². The number of hydrogen-bond acceptors (Lipinski definition) is 3. The Hall–Kier alpha value is -1.89. The Morgan fingerprint density at radius 3 is 2.60 bits per heavy atom. The molecule has 1 fully saturated rings. The number of hydrogen-bond donors (Lipinski definition) is 2. The Morgan fingerprint density at radius 1 is 1.20 bits per heavy atom. The molecule has 0 atom stereocenters. The molecule has 0 unspecified atom stereocenters. The molecule has 0 aliphatic heterocycles. The van der Waals surface area contributed by atoms with Gasteiger partial charge >= 0.3 is 0 Å². The van der Waals surface area contributed by atoms with E-state index in [1.807, 2.05) is 18.2 Å². The summed E-state index contributed by atoms with van der Waals surface area (Å²) in [4.78, 5) is 4.24. The van der Waals surface area contributed by atoms with E-state index in [4.69, 9.17) is 23.2 Å². The third-order valence-electron chi connectivity index (χ3n) is 5.52. The second-order valence-corrected chi connectivity index (χ2v) is 8.86. The normalized spacial score (nSPS) is 19.9. The first kappa shape index (κ1) is 21.3. The number of imidazole rings is 1. The Kier molecular flexibility index (Phi) is 5.93. The summed E-state index contributed by atoms with van der Waals surface area (Å²) in [7, 11) is 0. The van der Waals surface area contributed by atoms with E-state index in [0.29, 0.717) is 21.4 Å². The van der Waals surface area contributed by atoms with Crippen LogP contribution in [0.25, 0.3) is 16.8 Å². The molecule has 4 nitrogen and oxygen atoms in total. The fourth-order valence-corrected chi connectivity index (χ4v) is 4.53. The van der Waals surface area contributed by atoms with Crippen molar-refractivity contribution in [3.8, 4) is 11.1 Å². The number of benzene rings is 1. The number of nitrogens with one attached hydrogen (secondary N) is 1. The summed E-state index contributed by atoms with van der Waals surface area (Å²) in [5.41, 5.74) is 3.24. The molecule has 4 rings (SSSR count). The largest absolute Gasteiger partial charge is 0.393 e. The van der Waals surface area contributed by atoms with E-state index in [-0.39, 0.29) is 12.1 Å². The van der Waals surface area contributed by atoms with E-state index >= 15 is 0 Å². The SMILES string of the molecule is CC(F)(F)Cc1cnc2c(Cl)c(-c3ccc(NC4CCC(O)CC4)c(Cl)c3)ccn12. The van der Waals surface area contributed by atoms with E-state index in [1.54, 1.807) is 16.7 Å². The highest BCUT2D eigenvalue weighted by Crippen LogP contribution is 2.36. The molecule has 1 aliphatic carbocycles. The molecule has 8 heteroatoms. The average molecular weight is 454 g/mol. The summed E-state index contributed by atoms with van der Waals surface area (Å²) in [6.45, 7) is 0.884. The number of aliphatic hydroxyl groups excluding tert-OH is 1. The number of fused-ring (bicyclic) bond motifs is 1. The molecule has 160 valence electrons. The van der Waals surface area contributed by atoms with Gasteiger partial charge in [0.1, 0.15) is 0 Å². The minimum Gasteiger partial charge on any atom is -0.393 e. The van der Waals surface area contributed by atoms with Crippen LogP contribution in [-0.2, 0) is 6.42 Å². The lowest BCUT2D eigenvalue weighted by atomic mass is 9.93. The lowest BCUT2D eigenvalue weighted by Gasteiger charge is -2.27. The van der Waals surface area contributed by atoms with Gasteiger partial charge in [0.05, 0.1) is 28.3 Å². The number of anilines is 1. The summed E-state index contributed by atoms with van der Waals surface area (Å²) >= 11 is 13.1. The zero-order valence-electron chi connectivity index (χ0n) is 16.5. The number of halogens is 4. The van der Waals surface area contributed by atoms with Crippen molar-refractivity contribution in [1.29, 1.82) is 0 Å². The maximum absolute atomic E-state index is 13.4. The van der Waals surface area contributed by atoms with Crippen molar-refractivity contribution in [3.63, 3.8) is 0 Å². The molecular formula is C22H23Cl2F2N3O. The van der Waals surface area contributed by atoms with Gasteiger partial charge in [-0.05, 0) is 56.4 Å². The minimum atomic E-state index is -2.83. The molecule has 2 heterocycles. The fraction of sp³-hybridized carbons (Fsp3) is 0.409. The van der Waals surface area contributed by atoms with Crippen LogP contribution in [0.4, 0.5) is 14.5 Å². The lowest BCUT2D eigenvalue weighted by molar-refractivity contribution is 0.0214. The quantitative estimate of drug-likeness (QED) is 0.481. The van der Waals surface area contributed by atoms with Crippen LogP contribution in [0.2, 0.25) is 10.0 Å². The van der Waals surface area contributed by atoms with Gasteiger partial charge in [-0.1, -0.05) is 29.3 Å². The fourth-order valence-electron chi connectivity index (χ4n) is 3.98. The van der Waals surface area contributed by atoms with Gasteiger partial charge in [-0.3, -0.25) is 0 Å². The second kappa shape index (κ2) is 8.33. The molecule has 3 aromatic rings. The Balaban J connectivity index is 1.59. The highest BCUT2D eigenvalue weighted by molar-refractivity contribution is 6.36. The van der Waals surface area contributed by atoms with E-state index in [0.717, 1.165) is 49.4 Å². The average Bonchev–Trinajstić information content (AvgIpc) is 3.07. The van der Waals surface area contributed by atoms with Crippen molar-refractivity contribution in [2.45, 2.75) is 57.1 Å². The number of pyridine rings is 1. The van der Waals surface area contributed by atoms with Gasteiger partial charge in [-0.25, -0.2) is 13.8 Å². The summed E-state index contributed by atoms with van der Waals surface area (Å²) < 4.78 is 28.4. The molecule has 1 saturated carbocycles. The molecule has 1 aliphatic rings. The van der Waals surface area contributed by atoms with Crippen LogP contribution < -0.4 is 5.32 Å². The van der Waals surface area contributed by atoms with Crippen LogP contribution in [0.15, 0.2) is 36.7 Å². The Bertz CT molecular complexity index is 1060. The van der Waals surface area contributed by atoms with E-state index in [9.17, 15) is 13.9 Å². The van der Waals surface area contributed by atoms with Gasteiger partial charge in [0.2, 0.25) is 0 Å². The first-order valence-electron chi connectivity index (χ1n) is 9.98. The molecule has 0 amide bonds. The lowest BCUT2D eigenvalue weighted by Crippen LogP contribution is -2.28. The highest BCUT2D eigenvalue weighted by atomic mass is 35.5. The zero-order chi connectivity index (χ0) is 21.5. The molecule has 0 bridgehead atoms. The standard InChI is InChI=1S/C22H23Cl2F2N3O/c1-22(25,26)11-15-12-27-21-20(24)17(8-9-29(15)21)13-2-7-19(18(23)10-13)28-14-3-5-16(30)6-4-14/h2,7-10,12,14,16,28,30H,3-6,11H2,1H3. The van der Waals surface area contributed by atoms with E-state index in [2.05, 4.69) is 10.3 Å². The third-order valence-corrected chi connectivity index (χ3v) is 6.21. The van der Waals surface area contributed by atoms with Crippen molar-refractivity contribution in [1.82, 2.24) is 9.38 Å². The Morgan fingerprint density at radius 2 is 1.93 bits per heavy atom. The molecule has 0 radical (unpaired) electrons. The van der Waals surface area contributed by atoms with Gasteiger partial charge in [0, 0.05) is 29.7 Å². The van der Waals surface area contributed by atoms with Gasteiger partial charge in [-0.2, -0.15) is 0 Å². The van der Waals surface area contributed by atoms with Crippen molar-refractivity contribution in [2.75, 3.05) is 5.32 Å². The first-order valence-corrected chi connectivity index (χ1v) is 10.7. The van der Waals surface area contributed by atoms with Crippen LogP contribution in [0.1, 0.15) is 38.3 Å². The number of rotatable bonds is 5. The predicted molar refractivity (Wildman–Crippen MR) is 117 cm³/mol. The number of aromatic nitrogens is 2. The number of nitrogens with zero attached hydrogens (tertiary/aromatic N) is 2. The maximum Gasteiger partial charge on any atom is 0.250 e. The summed E-state index contributed by atoms with van der Waals surface area (Å²) in [5, 5.41) is 14.1. The monoisotopic (exact) mass is 453 g/mol. The predicted octanol–water partition coefficient (Wildman–Crippen LogP) is 6.22. The number of alkyl halides is 2. The van der Waals surface area contributed by atoms with E-state index < -0.39 is 12.3 Å². The molecule has 2 N–H and O–H groups in total. The number of aliphatic hydroxyl groups is 1. The maximum atomic E-state index is 13.4. The van der Waals surface area contributed by atoms with Crippen molar-refractivity contribution < 1.29 is 13.9 Å². The van der Waals surface area contributed by atoms with Crippen LogP contribution in [0.3, 0.4) is 0 Å². The smallest absolute Gasteiger partial charge is 0.250 e. The Labute approximate surface area is 183 Å². The zero-order valence-corrected chi connectivity index (χ0v) is 18.0. The first-order chi connectivity index (χ1) is 14.2. The third kappa shape index (κ3) is 4.56. The summed E-state index contributed by atoms with van der Waals surface area (Å²) in [6, 6.07) is 7.75. The molecule has 30 heavy (non-hydrogen) atoms. The summed E-state index contributed by atoms with van der Waals surface area (Å²) in [5.74, 6) is -2.83. The van der Waals surface area contributed by atoms with Crippen molar-refractivity contribution >= 4 is 34.5 Å². The van der Waals surface area contributed by atoms with Crippen LogP contribution in [0, 0.1) is 0 Å². The molecule has 2 aromatic heterocycles. The van der Waals surface area contributed by atoms with Gasteiger partial charge in [0.25, 0.3) is 5.92 Å². The molecule has 1 aromatic carbocycles.